The van der Waals surface area contributed by atoms with E-state index in [2.05, 4.69) is 4.98 Å². The Morgan fingerprint density at radius 3 is 2.55 bits per heavy atom. The molecule has 4 amide bonds. The minimum Gasteiger partial charge on any atom is -0.366 e. The Balaban J connectivity index is 1.47. The van der Waals surface area contributed by atoms with Crippen LogP contribution in [0.4, 0.5) is 4.79 Å². The van der Waals surface area contributed by atoms with E-state index in [1.807, 2.05) is 24.3 Å². The Morgan fingerprint density at radius 1 is 1.17 bits per heavy atom. The van der Waals surface area contributed by atoms with Crippen LogP contribution in [0.5, 0.6) is 0 Å². The van der Waals surface area contributed by atoms with Gasteiger partial charge in [-0.2, -0.15) is 0 Å². The molecule has 0 atom stereocenters. The van der Waals surface area contributed by atoms with E-state index in [1.54, 1.807) is 11.0 Å². The van der Waals surface area contributed by atoms with Crippen molar-refractivity contribution in [2.75, 3.05) is 25.4 Å². The standard InChI is InChI=1S/C20H20N4O4S/c21-19(27)14-9-13-3-1-2-4-15(13)22-18(14)12-5-7-23(8-6-12)16(25)10-24-17(26)11-29-20(24)28/h1-4,9,12H,5-8,10-11H2,(H2,21,27). The summed E-state index contributed by atoms with van der Waals surface area (Å²) in [5, 5.41) is 0.486. The van der Waals surface area contributed by atoms with Crippen molar-refractivity contribution in [1.82, 2.24) is 14.8 Å². The Kier molecular flexibility index (Phi) is 5.23. The molecule has 150 valence electrons. The zero-order valence-electron chi connectivity index (χ0n) is 15.7. The summed E-state index contributed by atoms with van der Waals surface area (Å²) in [6.07, 6.45) is 1.27. The number of primary amides is 1. The van der Waals surface area contributed by atoms with Crippen LogP contribution in [-0.4, -0.2) is 63.1 Å². The van der Waals surface area contributed by atoms with E-state index in [0.717, 1.165) is 27.6 Å². The van der Waals surface area contributed by atoms with E-state index >= 15 is 0 Å². The van der Waals surface area contributed by atoms with Gasteiger partial charge < -0.3 is 10.6 Å². The van der Waals surface area contributed by atoms with Gasteiger partial charge >= 0.3 is 0 Å². The fourth-order valence-corrected chi connectivity index (χ4v) is 4.54. The van der Waals surface area contributed by atoms with E-state index in [9.17, 15) is 19.2 Å². The quantitative estimate of drug-likeness (QED) is 0.818. The number of rotatable bonds is 4. The number of pyridine rings is 1. The molecule has 2 N–H and O–H groups in total. The largest absolute Gasteiger partial charge is 0.366 e. The van der Waals surface area contributed by atoms with Gasteiger partial charge in [0, 0.05) is 24.4 Å². The molecule has 0 saturated carbocycles. The van der Waals surface area contributed by atoms with Gasteiger partial charge in [-0.05, 0) is 25.0 Å². The van der Waals surface area contributed by atoms with Gasteiger partial charge in [-0.25, -0.2) is 0 Å². The van der Waals surface area contributed by atoms with Gasteiger partial charge in [-0.3, -0.25) is 29.1 Å². The number of benzene rings is 1. The first-order valence-electron chi connectivity index (χ1n) is 9.38. The molecule has 9 heteroatoms. The molecule has 0 aliphatic carbocycles. The highest BCUT2D eigenvalue weighted by atomic mass is 32.2. The zero-order valence-corrected chi connectivity index (χ0v) is 16.5. The van der Waals surface area contributed by atoms with Crippen LogP contribution in [0.2, 0.25) is 0 Å². The normalized spacial score (nSPS) is 17.9. The van der Waals surface area contributed by atoms with Crippen LogP contribution in [0.1, 0.15) is 34.8 Å². The number of fused-ring (bicyclic) bond motifs is 1. The monoisotopic (exact) mass is 412 g/mol. The second-order valence-corrected chi connectivity index (χ2v) is 8.09. The molecule has 1 aromatic carbocycles. The van der Waals surface area contributed by atoms with Crippen molar-refractivity contribution in [3.05, 3.63) is 41.6 Å². The number of aromatic nitrogens is 1. The first kappa shape index (κ1) is 19.4. The number of nitrogens with zero attached hydrogens (tertiary/aromatic N) is 3. The molecule has 2 aliphatic rings. The van der Waals surface area contributed by atoms with Gasteiger partial charge in [-0.1, -0.05) is 30.0 Å². The molecule has 0 radical (unpaired) electrons. The van der Waals surface area contributed by atoms with Crippen LogP contribution >= 0.6 is 11.8 Å². The molecular weight excluding hydrogens is 392 g/mol. The lowest BCUT2D eigenvalue weighted by Gasteiger charge is -2.33. The number of thioether (sulfide) groups is 1. The lowest BCUT2D eigenvalue weighted by molar-refractivity contribution is -0.137. The lowest BCUT2D eigenvalue weighted by atomic mass is 9.89. The molecule has 8 nitrogen and oxygen atoms in total. The first-order chi connectivity index (χ1) is 13.9. The Bertz CT molecular complexity index is 1000. The summed E-state index contributed by atoms with van der Waals surface area (Å²) in [6, 6.07) is 9.33. The molecule has 2 aromatic rings. The number of carbonyl (C=O) groups excluding carboxylic acids is 4. The molecule has 3 heterocycles. The van der Waals surface area contributed by atoms with Crippen LogP contribution in [-0.2, 0) is 9.59 Å². The molecule has 2 fully saturated rings. The van der Waals surface area contributed by atoms with Gasteiger partial charge in [0.05, 0.1) is 22.5 Å². The van der Waals surface area contributed by atoms with Gasteiger partial charge in [0.2, 0.25) is 11.8 Å². The van der Waals surface area contributed by atoms with E-state index in [4.69, 9.17) is 5.73 Å². The van der Waals surface area contributed by atoms with E-state index in [0.29, 0.717) is 37.2 Å². The highest BCUT2D eigenvalue weighted by molar-refractivity contribution is 8.14. The van der Waals surface area contributed by atoms with Gasteiger partial charge in [0.15, 0.2) is 0 Å². The molecule has 0 spiro atoms. The van der Waals surface area contributed by atoms with Crippen molar-refractivity contribution in [3.63, 3.8) is 0 Å². The Morgan fingerprint density at radius 2 is 1.90 bits per heavy atom. The maximum absolute atomic E-state index is 12.5. The highest BCUT2D eigenvalue weighted by Gasteiger charge is 2.34. The van der Waals surface area contributed by atoms with E-state index < -0.39 is 5.91 Å². The third-order valence-electron chi connectivity index (χ3n) is 5.39. The van der Waals surface area contributed by atoms with Crippen molar-refractivity contribution < 1.29 is 19.2 Å². The molecular formula is C20H20N4O4S. The average Bonchev–Trinajstić information content (AvgIpc) is 3.04. The third-order valence-corrected chi connectivity index (χ3v) is 6.25. The second kappa shape index (κ2) is 7.82. The Hall–Kier alpha value is -2.94. The summed E-state index contributed by atoms with van der Waals surface area (Å²) in [5.41, 5.74) is 7.48. The zero-order chi connectivity index (χ0) is 20.5. The number of piperidine rings is 1. The van der Waals surface area contributed by atoms with Crippen molar-refractivity contribution >= 4 is 45.6 Å². The summed E-state index contributed by atoms with van der Waals surface area (Å²) in [6.45, 7) is 0.731. The van der Waals surface area contributed by atoms with Crippen molar-refractivity contribution in [2.24, 2.45) is 5.73 Å². The number of nitrogens with two attached hydrogens (primary N) is 1. The summed E-state index contributed by atoms with van der Waals surface area (Å²) in [5.74, 6) is -0.974. The van der Waals surface area contributed by atoms with E-state index in [1.165, 1.54) is 0 Å². The summed E-state index contributed by atoms with van der Waals surface area (Å²) in [7, 11) is 0. The number of imide groups is 1. The predicted molar refractivity (Wildman–Crippen MR) is 108 cm³/mol. The molecule has 2 aliphatic heterocycles. The lowest BCUT2D eigenvalue weighted by Crippen LogP contribution is -2.45. The average molecular weight is 412 g/mol. The number of para-hydroxylation sites is 1. The van der Waals surface area contributed by atoms with E-state index in [-0.39, 0.29) is 35.3 Å². The van der Waals surface area contributed by atoms with Gasteiger partial charge in [0.1, 0.15) is 6.54 Å². The third kappa shape index (κ3) is 3.82. The van der Waals surface area contributed by atoms with Crippen LogP contribution in [0, 0.1) is 0 Å². The van der Waals surface area contributed by atoms with Crippen LogP contribution in [0.25, 0.3) is 10.9 Å². The Labute approximate surface area is 171 Å². The number of carbonyl (C=O) groups is 4. The van der Waals surface area contributed by atoms with Crippen molar-refractivity contribution in [1.29, 1.82) is 0 Å². The maximum atomic E-state index is 12.5. The maximum Gasteiger partial charge on any atom is 0.289 e. The number of hydrogen-bond acceptors (Lipinski definition) is 6. The van der Waals surface area contributed by atoms with Crippen molar-refractivity contribution in [2.45, 2.75) is 18.8 Å². The minimum atomic E-state index is -0.514. The van der Waals surface area contributed by atoms with Crippen LogP contribution in [0.15, 0.2) is 30.3 Å². The SMILES string of the molecule is NC(=O)c1cc2ccccc2nc1C1CCN(C(=O)CN2C(=O)CSC2=O)CC1. The minimum absolute atomic E-state index is 0.0109. The number of amides is 4. The fourth-order valence-electron chi connectivity index (χ4n) is 3.81. The fraction of sp³-hybridized carbons (Fsp3) is 0.350. The molecule has 4 rings (SSSR count). The van der Waals surface area contributed by atoms with Gasteiger partial charge in [-0.15, -0.1) is 0 Å². The molecule has 1 aromatic heterocycles. The number of likely N-dealkylation sites (tertiary alicyclic amines) is 1. The topological polar surface area (TPSA) is 114 Å². The van der Waals surface area contributed by atoms with Crippen LogP contribution < -0.4 is 5.73 Å². The predicted octanol–water partition coefficient (Wildman–Crippen LogP) is 1.74. The summed E-state index contributed by atoms with van der Waals surface area (Å²) in [4.78, 5) is 55.3. The molecule has 0 bridgehead atoms. The first-order valence-corrected chi connectivity index (χ1v) is 10.4. The van der Waals surface area contributed by atoms with Crippen molar-refractivity contribution in [3.8, 4) is 0 Å². The smallest absolute Gasteiger partial charge is 0.289 e. The highest BCUT2D eigenvalue weighted by Crippen LogP contribution is 2.31. The molecule has 2 saturated heterocycles. The second-order valence-electron chi connectivity index (χ2n) is 7.17. The molecule has 0 unspecified atom stereocenters. The number of hydrogen-bond donors (Lipinski definition) is 1. The van der Waals surface area contributed by atoms with Gasteiger partial charge in [0.25, 0.3) is 11.1 Å². The summed E-state index contributed by atoms with van der Waals surface area (Å²) < 4.78 is 0. The van der Waals surface area contributed by atoms with Crippen LogP contribution in [0.3, 0.4) is 0 Å². The molecule has 29 heavy (non-hydrogen) atoms. The summed E-state index contributed by atoms with van der Waals surface area (Å²) >= 11 is 0.920.